The average Bonchev–Trinajstić information content (AvgIpc) is 3.06. The van der Waals surface area contributed by atoms with E-state index in [9.17, 15) is 8.42 Å². The summed E-state index contributed by atoms with van der Waals surface area (Å²) in [4.78, 5) is 4.00. The number of aryl methyl sites for hydroxylation is 1. The van der Waals surface area contributed by atoms with Crippen molar-refractivity contribution in [2.75, 3.05) is 19.0 Å². The van der Waals surface area contributed by atoms with E-state index in [1.54, 1.807) is 6.92 Å². The number of ether oxygens (including phenoxy) is 2. The van der Waals surface area contributed by atoms with Gasteiger partial charge in [-0.1, -0.05) is 29.3 Å². The maximum absolute atomic E-state index is 15.3. The third-order valence-corrected chi connectivity index (χ3v) is 6.35. The Hall–Kier alpha value is -3.15. The molecule has 186 valence electrons. The van der Waals surface area contributed by atoms with Gasteiger partial charge in [-0.3, -0.25) is 10.4 Å². The van der Waals surface area contributed by atoms with Crippen LogP contribution in [0.25, 0.3) is 0 Å². The van der Waals surface area contributed by atoms with E-state index in [1.165, 1.54) is 44.3 Å². The number of aromatic nitrogens is 2. The van der Waals surface area contributed by atoms with Gasteiger partial charge in [0.05, 0.1) is 34.7 Å². The van der Waals surface area contributed by atoms with Crippen molar-refractivity contribution in [2.45, 2.75) is 20.3 Å². The standard InChI is InChI=1S/C22H22Cl2FN5O4S/c1-11-19(12(2)30(29-11)35(4,31)32)22(27)34-18(28-3)7-13-5-6-17(24)21(20(13)25)33-16-9-14(23)8-15(26)10-16/h5-6,8-10,27H,7,26H2,1-4H3/b27-22?,28-18-. The molecule has 0 fully saturated rings. The second-order valence-electron chi connectivity index (χ2n) is 7.55. The maximum atomic E-state index is 15.3. The molecule has 0 spiro atoms. The first-order chi connectivity index (χ1) is 16.3. The van der Waals surface area contributed by atoms with Crippen molar-refractivity contribution in [2.24, 2.45) is 4.99 Å². The van der Waals surface area contributed by atoms with Crippen LogP contribution in [0.1, 0.15) is 22.5 Å². The van der Waals surface area contributed by atoms with Crippen LogP contribution in [0.4, 0.5) is 10.1 Å². The molecule has 0 aliphatic carbocycles. The number of nitrogens with zero attached hydrogens (tertiary/aromatic N) is 3. The third kappa shape index (κ3) is 5.92. The first-order valence-corrected chi connectivity index (χ1v) is 12.6. The zero-order valence-electron chi connectivity index (χ0n) is 19.2. The summed E-state index contributed by atoms with van der Waals surface area (Å²) in [6, 6.07) is 7.34. The van der Waals surface area contributed by atoms with E-state index in [0.717, 1.165) is 10.3 Å². The lowest BCUT2D eigenvalue weighted by Crippen LogP contribution is -2.18. The summed E-state index contributed by atoms with van der Waals surface area (Å²) in [7, 11) is -2.25. The molecule has 0 aliphatic heterocycles. The Labute approximate surface area is 211 Å². The fraction of sp³-hybridized carbons (Fsp3) is 0.227. The molecule has 9 nitrogen and oxygen atoms in total. The van der Waals surface area contributed by atoms with Gasteiger partial charge in [0.1, 0.15) is 5.75 Å². The fourth-order valence-electron chi connectivity index (χ4n) is 3.33. The number of aliphatic imine (C=N–C) groups is 1. The van der Waals surface area contributed by atoms with E-state index < -0.39 is 15.8 Å². The van der Waals surface area contributed by atoms with Gasteiger partial charge < -0.3 is 15.2 Å². The molecule has 0 unspecified atom stereocenters. The molecule has 0 saturated carbocycles. The topological polar surface area (TPSA) is 133 Å². The highest BCUT2D eigenvalue weighted by molar-refractivity contribution is 7.89. The number of halogens is 3. The van der Waals surface area contributed by atoms with Gasteiger partial charge in [0.15, 0.2) is 17.5 Å². The summed E-state index contributed by atoms with van der Waals surface area (Å²) < 4.78 is 51.1. The molecule has 0 saturated heterocycles. The molecule has 0 radical (unpaired) electrons. The monoisotopic (exact) mass is 541 g/mol. The Kier molecular flexibility index (Phi) is 7.73. The van der Waals surface area contributed by atoms with E-state index in [0.29, 0.717) is 10.7 Å². The Balaban J connectivity index is 1.86. The summed E-state index contributed by atoms with van der Waals surface area (Å²) in [5, 5.41) is 12.6. The van der Waals surface area contributed by atoms with E-state index >= 15 is 4.39 Å². The number of rotatable bonds is 6. The van der Waals surface area contributed by atoms with Crippen LogP contribution in [0.5, 0.6) is 11.5 Å². The molecule has 0 bridgehead atoms. The third-order valence-electron chi connectivity index (χ3n) is 4.85. The fourth-order valence-corrected chi connectivity index (χ4v) is 4.60. The number of nitrogens with two attached hydrogens (primary N) is 1. The predicted octanol–water partition coefficient (Wildman–Crippen LogP) is 4.74. The van der Waals surface area contributed by atoms with Gasteiger partial charge in [-0.15, -0.1) is 0 Å². The van der Waals surface area contributed by atoms with E-state index in [2.05, 4.69) is 10.1 Å². The van der Waals surface area contributed by atoms with Crippen LogP contribution in [-0.4, -0.2) is 42.7 Å². The van der Waals surface area contributed by atoms with Crippen LogP contribution in [0.15, 0.2) is 35.3 Å². The Morgan fingerprint density at radius 1 is 1.26 bits per heavy atom. The number of hydrogen-bond donors (Lipinski definition) is 2. The first kappa shape index (κ1) is 26.5. The summed E-state index contributed by atoms with van der Waals surface area (Å²) in [5.41, 5.74) is 6.90. The SMILES string of the molecule is C/N=C(/Cc1ccc(Cl)c(Oc2cc(N)cc(Cl)c2)c1F)OC(=N)c1c(C)nn(S(C)(=O)=O)c1C. The number of hydrogen-bond acceptors (Lipinski definition) is 8. The average molecular weight is 542 g/mol. The minimum atomic E-state index is -3.67. The van der Waals surface area contributed by atoms with Crippen molar-refractivity contribution >= 4 is 50.7 Å². The van der Waals surface area contributed by atoms with E-state index in [1.807, 2.05) is 0 Å². The van der Waals surface area contributed by atoms with Crippen LogP contribution in [-0.2, 0) is 21.2 Å². The Morgan fingerprint density at radius 3 is 2.51 bits per heavy atom. The lowest BCUT2D eigenvalue weighted by atomic mass is 10.1. The van der Waals surface area contributed by atoms with E-state index in [-0.39, 0.29) is 57.3 Å². The molecule has 3 aromatic rings. The predicted molar refractivity (Wildman–Crippen MR) is 134 cm³/mol. The summed E-state index contributed by atoms with van der Waals surface area (Å²) in [5.74, 6) is -1.18. The van der Waals surface area contributed by atoms with Crippen LogP contribution in [0.2, 0.25) is 10.0 Å². The number of anilines is 1. The largest absolute Gasteiger partial charge is 0.453 e. The molecule has 0 aliphatic rings. The van der Waals surface area contributed by atoms with Crippen molar-refractivity contribution in [3.8, 4) is 11.5 Å². The molecule has 35 heavy (non-hydrogen) atoms. The molecule has 1 aromatic heterocycles. The first-order valence-electron chi connectivity index (χ1n) is 10.0. The molecule has 3 N–H and O–H groups in total. The molecule has 3 rings (SSSR count). The number of benzene rings is 2. The van der Waals surface area contributed by atoms with Crippen molar-refractivity contribution in [1.82, 2.24) is 9.19 Å². The Morgan fingerprint density at radius 2 is 1.94 bits per heavy atom. The molecule has 2 aromatic carbocycles. The van der Waals surface area contributed by atoms with Gasteiger partial charge in [-0.05, 0) is 32.0 Å². The second-order valence-corrected chi connectivity index (χ2v) is 10.2. The molecule has 13 heteroatoms. The molecule has 0 atom stereocenters. The molecular formula is C22H22Cl2FN5O4S. The van der Waals surface area contributed by atoms with Crippen molar-refractivity contribution in [3.05, 3.63) is 68.7 Å². The lowest BCUT2D eigenvalue weighted by Gasteiger charge is -2.14. The smallest absolute Gasteiger partial charge is 0.251 e. The molecule has 0 amide bonds. The van der Waals surface area contributed by atoms with Gasteiger partial charge in [-0.25, -0.2) is 12.8 Å². The minimum absolute atomic E-state index is 0.0000723. The van der Waals surface area contributed by atoms with Crippen molar-refractivity contribution in [1.29, 1.82) is 5.41 Å². The zero-order chi connectivity index (χ0) is 26.1. The van der Waals surface area contributed by atoms with Crippen molar-refractivity contribution in [3.63, 3.8) is 0 Å². The van der Waals surface area contributed by atoms with Crippen LogP contribution < -0.4 is 10.5 Å². The van der Waals surface area contributed by atoms with Crippen molar-refractivity contribution < 1.29 is 22.3 Å². The molecular weight excluding hydrogens is 520 g/mol. The quantitative estimate of drug-likeness (QED) is 0.263. The van der Waals surface area contributed by atoms with Crippen LogP contribution in [0, 0.1) is 25.1 Å². The number of nitrogens with one attached hydrogen (secondary N) is 1. The van der Waals surface area contributed by atoms with Gasteiger partial charge in [-0.2, -0.15) is 9.19 Å². The van der Waals surface area contributed by atoms with Gasteiger partial charge in [0.2, 0.25) is 5.90 Å². The number of nitrogen functional groups attached to an aromatic ring is 1. The second kappa shape index (κ2) is 10.2. The van der Waals surface area contributed by atoms with Gasteiger partial charge >= 0.3 is 0 Å². The normalized spacial score (nSPS) is 12.0. The summed E-state index contributed by atoms with van der Waals surface area (Å²) in [6.07, 6.45) is 0.856. The van der Waals surface area contributed by atoms with E-state index in [4.69, 9.17) is 43.8 Å². The molecule has 1 heterocycles. The van der Waals surface area contributed by atoms with Gasteiger partial charge in [0, 0.05) is 29.4 Å². The van der Waals surface area contributed by atoms with Crippen LogP contribution in [0.3, 0.4) is 0 Å². The highest BCUT2D eigenvalue weighted by atomic mass is 35.5. The van der Waals surface area contributed by atoms with Crippen LogP contribution >= 0.6 is 23.2 Å². The highest BCUT2D eigenvalue weighted by Crippen LogP contribution is 2.36. The highest BCUT2D eigenvalue weighted by Gasteiger charge is 2.24. The lowest BCUT2D eigenvalue weighted by molar-refractivity contribution is 0.439. The maximum Gasteiger partial charge on any atom is 0.251 e. The minimum Gasteiger partial charge on any atom is -0.453 e. The van der Waals surface area contributed by atoms with Gasteiger partial charge in [0.25, 0.3) is 10.0 Å². The summed E-state index contributed by atoms with van der Waals surface area (Å²) in [6.45, 7) is 3.05. The zero-order valence-corrected chi connectivity index (χ0v) is 21.5. The summed E-state index contributed by atoms with van der Waals surface area (Å²) >= 11 is 12.1. The Bertz CT molecular complexity index is 1430.